The van der Waals surface area contributed by atoms with Crippen molar-refractivity contribution in [2.45, 2.75) is 38.1 Å². The maximum Gasteiger partial charge on any atom is 0.0589 e. The SMILES string of the molecule is NC(CO)C1(C2CCCCC2)COC1. The molecule has 3 nitrogen and oxygen atoms in total. The Bertz CT molecular complexity index is 186. The molecular weight excluding hydrogens is 178 g/mol. The Morgan fingerprint density at radius 2 is 1.93 bits per heavy atom. The van der Waals surface area contributed by atoms with Crippen molar-refractivity contribution in [1.29, 1.82) is 0 Å². The van der Waals surface area contributed by atoms with Crippen LogP contribution in [0.25, 0.3) is 0 Å². The van der Waals surface area contributed by atoms with Crippen molar-refractivity contribution in [1.82, 2.24) is 0 Å². The predicted molar refractivity (Wildman–Crippen MR) is 54.9 cm³/mol. The van der Waals surface area contributed by atoms with Gasteiger partial charge in [0, 0.05) is 11.5 Å². The highest BCUT2D eigenvalue weighted by molar-refractivity contribution is 4.99. The fourth-order valence-electron chi connectivity index (χ4n) is 2.95. The highest BCUT2D eigenvalue weighted by Crippen LogP contribution is 2.45. The average Bonchev–Trinajstić information content (AvgIpc) is 2.17. The lowest BCUT2D eigenvalue weighted by Crippen LogP contribution is -2.61. The van der Waals surface area contributed by atoms with Crippen molar-refractivity contribution in [2.75, 3.05) is 19.8 Å². The van der Waals surface area contributed by atoms with Crippen molar-refractivity contribution in [3.63, 3.8) is 0 Å². The first kappa shape index (κ1) is 10.4. The van der Waals surface area contributed by atoms with Crippen LogP contribution in [0.15, 0.2) is 0 Å². The molecule has 0 aromatic carbocycles. The molecule has 0 radical (unpaired) electrons. The van der Waals surface area contributed by atoms with Gasteiger partial charge in [-0.25, -0.2) is 0 Å². The van der Waals surface area contributed by atoms with E-state index in [1.165, 1.54) is 32.1 Å². The lowest BCUT2D eigenvalue weighted by Gasteiger charge is -2.51. The van der Waals surface area contributed by atoms with E-state index in [4.69, 9.17) is 10.5 Å². The molecule has 2 rings (SSSR count). The third-order valence-electron chi connectivity index (χ3n) is 4.09. The molecule has 3 N–H and O–H groups in total. The third kappa shape index (κ3) is 1.58. The minimum absolute atomic E-state index is 0.0839. The van der Waals surface area contributed by atoms with Crippen LogP contribution in [0.1, 0.15) is 32.1 Å². The minimum atomic E-state index is -0.0839. The van der Waals surface area contributed by atoms with Crippen molar-refractivity contribution in [2.24, 2.45) is 17.1 Å². The molecule has 1 unspecified atom stereocenters. The first-order chi connectivity index (χ1) is 6.79. The summed E-state index contributed by atoms with van der Waals surface area (Å²) in [6, 6.07) is -0.0839. The quantitative estimate of drug-likeness (QED) is 0.710. The van der Waals surface area contributed by atoms with Crippen LogP contribution in [0.4, 0.5) is 0 Å². The molecule has 0 spiro atoms. The molecule has 3 heteroatoms. The Morgan fingerprint density at radius 1 is 1.29 bits per heavy atom. The Kier molecular flexibility index (Phi) is 3.10. The molecule has 1 saturated carbocycles. The summed E-state index contributed by atoms with van der Waals surface area (Å²) in [5, 5.41) is 9.19. The lowest BCUT2D eigenvalue weighted by atomic mass is 9.63. The van der Waals surface area contributed by atoms with Gasteiger partial charge in [-0.3, -0.25) is 0 Å². The Balaban J connectivity index is 2.02. The van der Waals surface area contributed by atoms with E-state index in [1.54, 1.807) is 0 Å². The van der Waals surface area contributed by atoms with Gasteiger partial charge in [-0.1, -0.05) is 19.3 Å². The van der Waals surface area contributed by atoms with E-state index >= 15 is 0 Å². The zero-order valence-corrected chi connectivity index (χ0v) is 8.74. The molecule has 0 amide bonds. The maximum atomic E-state index is 9.19. The predicted octanol–water partition coefficient (Wildman–Crippen LogP) is 0.903. The standard InChI is InChI=1S/C11H21NO2/c12-10(6-13)11(7-14-8-11)9-4-2-1-3-5-9/h9-10,13H,1-8,12H2. The van der Waals surface area contributed by atoms with Crippen LogP contribution >= 0.6 is 0 Å². The molecule has 2 aliphatic rings. The number of nitrogens with two attached hydrogens (primary N) is 1. The van der Waals surface area contributed by atoms with E-state index in [1.807, 2.05) is 0 Å². The van der Waals surface area contributed by atoms with Crippen LogP contribution in [0, 0.1) is 11.3 Å². The molecule has 0 bridgehead atoms. The molecule has 14 heavy (non-hydrogen) atoms. The highest BCUT2D eigenvalue weighted by atomic mass is 16.5. The highest BCUT2D eigenvalue weighted by Gasteiger charge is 2.49. The Labute approximate surface area is 85.6 Å². The number of hydrogen-bond donors (Lipinski definition) is 2. The van der Waals surface area contributed by atoms with Crippen LogP contribution < -0.4 is 5.73 Å². The number of aliphatic hydroxyl groups excluding tert-OH is 1. The van der Waals surface area contributed by atoms with Crippen molar-refractivity contribution in [3.05, 3.63) is 0 Å². The first-order valence-corrected chi connectivity index (χ1v) is 5.74. The normalized spacial score (nSPS) is 29.6. The fraction of sp³-hybridized carbons (Fsp3) is 1.00. The van der Waals surface area contributed by atoms with Crippen LogP contribution in [0.2, 0.25) is 0 Å². The maximum absolute atomic E-state index is 9.19. The van der Waals surface area contributed by atoms with Gasteiger partial charge in [0.1, 0.15) is 0 Å². The summed E-state index contributed by atoms with van der Waals surface area (Å²) >= 11 is 0. The van der Waals surface area contributed by atoms with Crippen LogP contribution in [0.3, 0.4) is 0 Å². The summed E-state index contributed by atoms with van der Waals surface area (Å²) in [5.74, 6) is 0.687. The second-order valence-electron chi connectivity index (χ2n) is 4.85. The molecule has 0 aromatic rings. The second kappa shape index (κ2) is 4.17. The second-order valence-corrected chi connectivity index (χ2v) is 4.85. The molecule has 1 aliphatic heterocycles. The number of aliphatic hydroxyl groups is 1. The van der Waals surface area contributed by atoms with Gasteiger partial charge < -0.3 is 15.6 Å². The molecule has 1 saturated heterocycles. The van der Waals surface area contributed by atoms with E-state index in [2.05, 4.69) is 0 Å². The summed E-state index contributed by atoms with van der Waals surface area (Å²) in [6.07, 6.45) is 6.56. The van der Waals surface area contributed by atoms with E-state index < -0.39 is 0 Å². The summed E-state index contributed by atoms with van der Waals surface area (Å²) < 4.78 is 5.32. The molecule has 1 aliphatic carbocycles. The van der Waals surface area contributed by atoms with Gasteiger partial charge >= 0.3 is 0 Å². The fourth-order valence-corrected chi connectivity index (χ4v) is 2.95. The van der Waals surface area contributed by atoms with E-state index in [9.17, 15) is 5.11 Å². The summed E-state index contributed by atoms with van der Waals surface area (Å²) in [7, 11) is 0. The van der Waals surface area contributed by atoms with E-state index in [0.717, 1.165) is 13.2 Å². The van der Waals surface area contributed by atoms with Crippen LogP contribution in [-0.2, 0) is 4.74 Å². The van der Waals surface area contributed by atoms with Gasteiger partial charge in [0.25, 0.3) is 0 Å². The summed E-state index contributed by atoms with van der Waals surface area (Å²) in [5.41, 5.74) is 6.12. The minimum Gasteiger partial charge on any atom is -0.395 e. The van der Waals surface area contributed by atoms with Crippen molar-refractivity contribution in [3.8, 4) is 0 Å². The van der Waals surface area contributed by atoms with Gasteiger partial charge in [0.05, 0.1) is 19.8 Å². The van der Waals surface area contributed by atoms with Gasteiger partial charge in [0.15, 0.2) is 0 Å². The zero-order valence-electron chi connectivity index (χ0n) is 8.74. The van der Waals surface area contributed by atoms with Gasteiger partial charge in [-0.2, -0.15) is 0 Å². The molecule has 2 fully saturated rings. The molecule has 82 valence electrons. The summed E-state index contributed by atoms with van der Waals surface area (Å²) in [4.78, 5) is 0. The Hall–Kier alpha value is -0.120. The third-order valence-corrected chi connectivity index (χ3v) is 4.09. The van der Waals surface area contributed by atoms with Crippen LogP contribution in [0.5, 0.6) is 0 Å². The summed E-state index contributed by atoms with van der Waals surface area (Å²) in [6.45, 7) is 1.62. The molecule has 1 heterocycles. The van der Waals surface area contributed by atoms with Gasteiger partial charge in [-0.15, -0.1) is 0 Å². The smallest absolute Gasteiger partial charge is 0.0589 e. The average molecular weight is 199 g/mol. The van der Waals surface area contributed by atoms with Gasteiger partial charge in [0.2, 0.25) is 0 Å². The van der Waals surface area contributed by atoms with Crippen molar-refractivity contribution >= 4 is 0 Å². The van der Waals surface area contributed by atoms with E-state index in [0.29, 0.717) is 5.92 Å². The molecule has 0 aromatic heterocycles. The van der Waals surface area contributed by atoms with Crippen molar-refractivity contribution < 1.29 is 9.84 Å². The zero-order chi connectivity index (χ0) is 10.0. The number of hydrogen-bond acceptors (Lipinski definition) is 3. The first-order valence-electron chi connectivity index (χ1n) is 5.74. The van der Waals surface area contributed by atoms with E-state index in [-0.39, 0.29) is 18.1 Å². The van der Waals surface area contributed by atoms with Crippen LogP contribution in [-0.4, -0.2) is 31.0 Å². The number of rotatable bonds is 3. The van der Waals surface area contributed by atoms with Gasteiger partial charge in [-0.05, 0) is 18.8 Å². The largest absolute Gasteiger partial charge is 0.395 e. The lowest BCUT2D eigenvalue weighted by molar-refractivity contribution is -0.170. The monoisotopic (exact) mass is 199 g/mol. The molecular formula is C11H21NO2. The Morgan fingerprint density at radius 3 is 2.36 bits per heavy atom. The molecule has 1 atom stereocenters. The topological polar surface area (TPSA) is 55.5 Å². The number of ether oxygens (including phenoxy) is 1.